The summed E-state index contributed by atoms with van der Waals surface area (Å²) in [4.78, 5) is 8.67. The molecule has 0 bridgehead atoms. The standard InChI is InChI=1S/C14H17N3O2/c1-9-7-10(2)16-14(15-9)17-11-5-6-12(18-3)13(8-11)19-4/h5-8H,1-4H3,(H,15,16,17). The molecule has 0 spiro atoms. The van der Waals surface area contributed by atoms with E-state index in [0.717, 1.165) is 17.1 Å². The zero-order chi connectivity index (χ0) is 13.8. The van der Waals surface area contributed by atoms with E-state index in [0.29, 0.717) is 17.4 Å². The minimum Gasteiger partial charge on any atom is -0.493 e. The Kier molecular flexibility index (Phi) is 3.85. The van der Waals surface area contributed by atoms with Crippen LogP contribution in [0.15, 0.2) is 24.3 Å². The molecule has 0 amide bonds. The van der Waals surface area contributed by atoms with Crippen LogP contribution in [0.5, 0.6) is 11.5 Å². The molecule has 1 N–H and O–H groups in total. The third-order valence-corrected chi connectivity index (χ3v) is 2.62. The van der Waals surface area contributed by atoms with Crippen molar-refractivity contribution in [3.05, 3.63) is 35.7 Å². The van der Waals surface area contributed by atoms with E-state index in [-0.39, 0.29) is 0 Å². The molecule has 0 aliphatic rings. The molecule has 0 atom stereocenters. The van der Waals surface area contributed by atoms with Gasteiger partial charge in [-0.25, -0.2) is 9.97 Å². The first-order valence-corrected chi connectivity index (χ1v) is 5.93. The first-order chi connectivity index (χ1) is 9.12. The summed E-state index contributed by atoms with van der Waals surface area (Å²) >= 11 is 0. The predicted molar refractivity (Wildman–Crippen MR) is 74.3 cm³/mol. The fourth-order valence-electron chi connectivity index (χ4n) is 1.82. The summed E-state index contributed by atoms with van der Waals surface area (Å²) in [6.45, 7) is 3.88. The number of nitrogens with zero attached hydrogens (tertiary/aromatic N) is 2. The number of aryl methyl sites for hydroxylation is 2. The van der Waals surface area contributed by atoms with E-state index in [1.807, 2.05) is 38.1 Å². The minimum absolute atomic E-state index is 0.574. The second-order valence-electron chi connectivity index (χ2n) is 4.17. The lowest BCUT2D eigenvalue weighted by atomic mass is 10.2. The molecular formula is C14H17N3O2. The van der Waals surface area contributed by atoms with Crippen LogP contribution >= 0.6 is 0 Å². The van der Waals surface area contributed by atoms with Crippen LogP contribution in [-0.2, 0) is 0 Å². The first-order valence-electron chi connectivity index (χ1n) is 5.93. The molecule has 1 aromatic heterocycles. The van der Waals surface area contributed by atoms with Gasteiger partial charge in [-0.15, -0.1) is 0 Å². The smallest absolute Gasteiger partial charge is 0.227 e. The number of aromatic nitrogens is 2. The molecule has 5 nitrogen and oxygen atoms in total. The van der Waals surface area contributed by atoms with Gasteiger partial charge >= 0.3 is 0 Å². The highest BCUT2D eigenvalue weighted by atomic mass is 16.5. The summed E-state index contributed by atoms with van der Waals surface area (Å²) in [6.07, 6.45) is 0. The Labute approximate surface area is 112 Å². The van der Waals surface area contributed by atoms with Crippen molar-refractivity contribution in [1.29, 1.82) is 0 Å². The van der Waals surface area contributed by atoms with E-state index in [4.69, 9.17) is 9.47 Å². The van der Waals surface area contributed by atoms with E-state index in [2.05, 4.69) is 15.3 Å². The molecule has 100 valence electrons. The van der Waals surface area contributed by atoms with Gasteiger partial charge in [0.15, 0.2) is 11.5 Å². The van der Waals surface area contributed by atoms with Gasteiger partial charge in [-0.05, 0) is 32.0 Å². The Morgan fingerprint density at radius 1 is 0.895 bits per heavy atom. The van der Waals surface area contributed by atoms with Crippen molar-refractivity contribution < 1.29 is 9.47 Å². The third-order valence-electron chi connectivity index (χ3n) is 2.62. The third kappa shape index (κ3) is 3.13. The van der Waals surface area contributed by atoms with Crippen LogP contribution in [0.3, 0.4) is 0 Å². The number of methoxy groups -OCH3 is 2. The minimum atomic E-state index is 0.574. The largest absolute Gasteiger partial charge is 0.493 e. The second kappa shape index (κ2) is 5.56. The van der Waals surface area contributed by atoms with Crippen LogP contribution in [0.1, 0.15) is 11.4 Å². The average Bonchev–Trinajstić information content (AvgIpc) is 2.37. The van der Waals surface area contributed by atoms with Crippen LogP contribution in [0.2, 0.25) is 0 Å². The zero-order valence-electron chi connectivity index (χ0n) is 11.5. The van der Waals surface area contributed by atoms with Crippen LogP contribution < -0.4 is 14.8 Å². The van der Waals surface area contributed by atoms with Crippen LogP contribution in [-0.4, -0.2) is 24.2 Å². The molecular weight excluding hydrogens is 242 g/mol. The number of hydrogen-bond donors (Lipinski definition) is 1. The number of nitrogens with one attached hydrogen (secondary N) is 1. The van der Waals surface area contributed by atoms with E-state index >= 15 is 0 Å². The monoisotopic (exact) mass is 259 g/mol. The number of ether oxygens (including phenoxy) is 2. The molecule has 0 radical (unpaired) electrons. The first kappa shape index (κ1) is 13.1. The van der Waals surface area contributed by atoms with Gasteiger partial charge in [-0.2, -0.15) is 0 Å². The van der Waals surface area contributed by atoms with Gasteiger partial charge < -0.3 is 14.8 Å². The Morgan fingerprint density at radius 3 is 2.11 bits per heavy atom. The summed E-state index contributed by atoms with van der Waals surface area (Å²) in [7, 11) is 3.22. The van der Waals surface area contributed by atoms with Crippen molar-refractivity contribution in [2.45, 2.75) is 13.8 Å². The quantitative estimate of drug-likeness (QED) is 0.915. The number of benzene rings is 1. The molecule has 0 fully saturated rings. The molecule has 0 aliphatic carbocycles. The van der Waals surface area contributed by atoms with Gasteiger partial charge in [-0.1, -0.05) is 0 Å². The summed E-state index contributed by atoms with van der Waals surface area (Å²) < 4.78 is 10.5. The summed E-state index contributed by atoms with van der Waals surface area (Å²) in [5.74, 6) is 1.93. The molecule has 19 heavy (non-hydrogen) atoms. The molecule has 2 rings (SSSR count). The van der Waals surface area contributed by atoms with Gasteiger partial charge in [0, 0.05) is 23.1 Å². The van der Waals surface area contributed by atoms with Gasteiger partial charge in [0.2, 0.25) is 5.95 Å². The zero-order valence-corrected chi connectivity index (χ0v) is 11.5. The maximum absolute atomic E-state index is 5.26. The maximum Gasteiger partial charge on any atom is 0.227 e. The lowest BCUT2D eigenvalue weighted by Gasteiger charge is -2.11. The van der Waals surface area contributed by atoms with Gasteiger partial charge in [0.1, 0.15) is 0 Å². The number of rotatable bonds is 4. The highest BCUT2D eigenvalue weighted by Crippen LogP contribution is 2.30. The Bertz CT molecular complexity index is 565. The van der Waals surface area contributed by atoms with Gasteiger partial charge in [0.25, 0.3) is 0 Å². The Morgan fingerprint density at radius 2 is 1.53 bits per heavy atom. The molecule has 2 aromatic rings. The lowest BCUT2D eigenvalue weighted by Crippen LogP contribution is -2.00. The fourth-order valence-corrected chi connectivity index (χ4v) is 1.82. The van der Waals surface area contributed by atoms with Crippen molar-refractivity contribution in [3.63, 3.8) is 0 Å². The normalized spacial score (nSPS) is 10.1. The topological polar surface area (TPSA) is 56.3 Å². The second-order valence-corrected chi connectivity index (χ2v) is 4.17. The van der Waals surface area contributed by atoms with E-state index in [1.165, 1.54) is 0 Å². The van der Waals surface area contributed by atoms with Crippen molar-refractivity contribution in [1.82, 2.24) is 9.97 Å². The van der Waals surface area contributed by atoms with Crippen LogP contribution in [0.25, 0.3) is 0 Å². The molecule has 0 saturated carbocycles. The van der Waals surface area contributed by atoms with Crippen molar-refractivity contribution in [2.24, 2.45) is 0 Å². The maximum atomic E-state index is 5.26. The average molecular weight is 259 g/mol. The van der Waals surface area contributed by atoms with E-state index < -0.39 is 0 Å². The van der Waals surface area contributed by atoms with Crippen molar-refractivity contribution >= 4 is 11.6 Å². The van der Waals surface area contributed by atoms with Gasteiger partial charge in [-0.3, -0.25) is 0 Å². The Hall–Kier alpha value is -2.30. The summed E-state index contributed by atoms with van der Waals surface area (Å²) in [6, 6.07) is 7.51. The molecule has 0 saturated heterocycles. The van der Waals surface area contributed by atoms with Crippen LogP contribution in [0, 0.1) is 13.8 Å². The summed E-state index contributed by atoms with van der Waals surface area (Å²) in [5, 5.41) is 3.15. The van der Waals surface area contributed by atoms with E-state index in [1.54, 1.807) is 14.2 Å². The van der Waals surface area contributed by atoms with Gasteiger partial charge in [0.05, 0.1) is 14.2 Å². The predicted octanol–water partition coefficient (Wildman–Crippen LogP) is 2.85. The molecule has 1 heterocycles. The van der Waals surface area contributed by atoms with Crippen molar-refractivity contribution in [2.75, 3.05) is 19.5 Å². The lowest BCUT2D eigenvalue weighted by molar-refractivity contribution is 0.355. The SMILES string of the molecule is COc1ccc(Nc2nc(C)cc(C)n2)cc1OC. The van der Waals surface area contributed by atoms with Crippen LogP contribution in [0.4, 0.5) is 11.6 Å². The number of anilines is 2. The Balaban J connectivity index is 2.28. The number of hydrogen-bond acceptors (Lipinski definition) is 5. The molecule has 0 unspecified atom stereocenters. The fraction of sp³-hybridized carbons (Fsp3) is 0.286. The highest BCUT2D eigenvalue weighted by Gasteiger charge is 2.06. The highest BCUT2D eigenvalue weighted by molar-refractivity contribution is 5.59. The molecule has 5 heteroatoms. The molecule has 0 aliphatic heterocycles. The van der Waals surface area contributed by atoms with E-state index in [9.17, 15) is 0 Å². The summed E-state index contributed by atoms with van der Waals surface area (Å²) in [5.41, 5.74) is 2.70. The molecule has 1 aromatic carbocycles. The van der Waals surface area contributed by atoms with Crippen molar-refractivity contribution in [3.8, 4) is 11.5 Å².